The van der Waals surface area contributed by atoms with Gasteiger partial charge in [0.05, 0.1) is 19.1 Å². The van der Waals surface area contributed by atoms with Gasteiger partial charge in [0.2, 0.25) is 10.0 Å². The Morgan fingerprint density at radius 1 is 0.971 bits per heavy atom. The Balaban J connectivity index is 1.99. The standard InChI is InChI=1S/C22H27N3O8S/c1-13(2)20(25-21(27)14-9-16(31-3)11-17(10-14)32-4)22(28)33-12-19(26)24-15-5-7-18(8-6-15)34(23,29)30/h5-11,13,20H,12H2,1-4H3,(H,24,26)(H,25,27)(H2,23,29,30). The maximum atomic E-state index is 12.7. The molecule has 2 rings (SSSR count). The van der Waals surface area contributed by atoms with Crippen molar-refractivity contribution in [3.63, 3.8) is 0 Å². The van der Waals surface area contributed by atoms with Gasteiger partial charge in [0.15, 0.2) is 6.61 Å². The number of nitrogens with two attached hydrogens (primary N) is 1. The lowest BCUT2D eigenvalue weighted by Gasteiger charge is -2.21. The number of hydrogen-bond donors (Lipinski definition) is 3. The fraction of sp³-hybridized carbons (Fsp3) is 0.318. The number of ether oxygens (including phenoxy) is 3. The van der Waals surface area contributed by atoms with Gasteiger partial charge in [-0.2, -0.15) is 0 Å². The van der Waals surface area contributed by atoms with Crippen LogP contribution in [0.1, 0.15) is 24.2 Å². The molecule has 0 radical (unpaired) electrons. The van der Waals surface area contributed by atoms with Gasteiger partial charge in [-0.1, -0.05) is 13.8 Å². The minimum absolute atomic E-state index is 0.110. The highest BCUT2D eigenvalue weighted by atomic mass is 32.2. The first kappa shape index (κ1) is 26.6. The summed E-state index contributed by atoms with van der Waals surface area (Å²) in [6.07, 6.45) is 0. The van der Waals surface area contributed by atoms with E-state index >= 15 is 0 Å². The molecule has 0 saturated carbocycles. The summed E-state index contributed by atoms with van der Waals surface area (Å²) in [5.41, 5.74) is 0.504. The number of nitrogens with one attached hydrogen (secondary N) is 2. The lowest BCUT2D eigenvalue weighted by molar-refractivity contribution is -0.150. The summed E-state index contributed by atoms with van der Waals surface area (Å²) in [7, 11) is -0.959. The molecule has 0 saturated heterocycles. The highest BCUT2D eigenvalue weighted by Crippen LogP contribution is 2.22. The molecule has 0 aliphatic heterocycles. The monoisotopic (exact) mass is 493 g/mol. The summed E-state index contributed by atoms with van der Waals surface area (Å²) in [6.45, 7) is 2.82. The molecule has 2 aromatic rings. The van der Waals surface area contributed by atoms with Crippen molar-refractivity contribution < 1.29 is 37.0 Å². The molecule has 0 aromatic heterocycles. The summed E-state index contributed by atoms with van der Waals surface area (Å²) in [4.78, 5) is 37.3. The molecule has 0 aliphatic rings. The quantitative estimate of drug-likeness (QED) is 0.417. The Labute approximate surface area is 197 Å². The van der Waals surface area contributed by atoms with Crippen LogP contribution in [0.2, 0.25) is 0 Å². The molecule has 34 heavy (non-hydrogen) atoms. The molecule has 0 aliphatic carbocycles. The Hall–Kier alpha value is -3.64. The largest absolute Gasteiger partial charge is 0.497 e. The van der Waals surface area contributed by atoms with E-state index in [0.29, 0.717) is 11.5 Å². The fourth-order valence-electron chi connectivity index (χ4n) is 2.81. The third-order valence-electron chi connectivity index (χ3n) is 4.63. The van der Waals surface area contributed by atoms with E-state index in [0.717, 1.165) is 0 Å². The molecule has 0 spiro atoms. The van der Waals surface area contributed by atoms with Gasteiger partial charge in [0.25, 0.3) is 11.8 Å². The zero-order chi connectivity index (χ0) is 25.5. The van der Waals surface area contributed by atoms with E-state index in [1.807, 2.05) is 0 Å². The van der Waals surface area contributed by atoms with E-state index < -0.39 is 40.5 Å². The number of primary sulfonamides is 1. The second-order valence-electron chi connectivity index (χ2n) is 7.52. The zero-order valence-corrected chi connectivity index (χ0v) is 20.0. The second-order valence-corrected chi connectivity index (χ2v) is 9.08. The summed E-state index contributed by atoms with van der Waals surface area (Å²) < 4.78 is 37.9. The number of methoxy groups -OCH3 is 2. The zero-order valence-electron chi connectivity index (χ0n) is 19.2. The molecule has 1 unspecified atom stereocenters. The van der Waals surface area contributed by atoms with Gasteiger partial charge in [0.1, 0.15) is 17.5 Å². The van der Waals surface area contributed by atoms with E-state index in [1.54, 1.807) is 19.9 Å². The van der Waals surface area contributed by atoms with Crippen molar-refractivity contribution in [2.75, 3.05) is 26.1 Å². The number of carbonyl (C=O) groups is 3. The van der Waals surface area contributed by atoms with E-state index in [-0.39, 0.29) is 22.1 Å². The highest BCUT2D eigenvalue weighted by Gasteiger charge is 2.27. The van der Waals surface area contributed by atoms with Crippen LogP contribution < -0.4 is 25.2 Å². The average molecular weight is 494 g/mol. The van der Waals surface area contributed by atoms with Crippen molar-refractivity contribution in [2.24, 2.45) is 11.1 Å². The summed E-state index contributed by atoms with van der Waals surface area (Å²) in [5, 5.41) is 10.1. The molecular formula is C22H27N3O8S. The van der Waals surface area contributed by atoms with E-state index in [1.165, 1.54) is 50.6 Å². The molecule has 12 heteroatoms. The Bertz CT molecular complexity index is 1120. The summed E-state index contributed by atoms with van der Waals surface area (Å²) in [5.74, 6) is -1.52. The normalized spacial score (nSPS) is 11.9. The minimum atomic E-state index is -3.86. The highest BCUT2D eigenvalue weighted by molar-refractivity contribution is 7.89. The molecule has 4 N–H and O–H groups in total. The topological polar surface area (TPSA) is 163 Å². The predicted octanol–water partition coefficient (Wildman–Crippen LogP) is 1.29. The van der Waals surface area contributed by atoms with Gasteiger partial charge in [-0.05, 0) is 42.3 Å². The van der Waals surface area contributed by atoms with Crippen LogP contribution in [0.3, 0.4) is 0 Å². The first-order valence-corrected chi connectivity index (χ1v) is 11.6. The number of esters is 1. The SMILES string of the molecule is COc1cc(OC)cc(C(=O)NC(C(=O)OCC(=O)Nc2ccc(S(N)(=O)=O)cc2)C(C)C)c1. The van der Waals surface area contributed by atoms with Crippen LogP contribution in [-0.2, 0) is 24.3 Å². The fourth-order valence-corrected chi connectivity index (χ4v) is 3.33. The number of amides is 2. The molecule has 0 fully saturated rings. The Morgan fingerprint density at radius 2 is 1.53 bits per heavy atom. The summed E-state index contributed by atoms with van der Waals surface area (Å²) in [6, 6.07) is 8.73. The molecule has 0 heterocycles. The number of rotatable bonds is 10. The molecular weight excluding hydrogens is 466 g/mol. The Morgan fingerprint density at radius 3 is 2.00 bits per heavy atom. The third kappa shape index (κ3) is 7.46. The lowest BCUT2D eigenvalue weighted by Crippen LogP contribution is -2.46. The molecule has 1 atom stereocenters. The van der Waals surface area contributed by atoms with Gasteiger partial charge in [-0.15, -0.1) is 0 Å². The molecule has 184 valence electrons. The lowest BCUT2D eigenvalue weighted by atomic mass is 10.0. The molecule has 2 aromatic carbocycles. The van der Waals surface area contributed by atoms with Crippen molar-refractivity contribution >= 4 is 33.5 Å². The minimum Gasteiger partial charge on any atom is -0.497 e. The number of carbonyl (C=O) groups excluding carboxylic acids is 3. The van der Waals surface area contributed by atoms with E-state index in [2.05, 4.69) is 10.6 Å². The maximum absolute atomic E-state index is 12.7. The second kappa shape index (κ2) is 11.5. The number of hydrogen-bond acceptors (Lipinski definition) is 8. The number of benzene rings is 2. The first-order valence-electron chi connectivity index (χ1n) is 10.1. The van der Waals surface area contributed by atoms with Gasteiger partial charge in [-0.3, -0.25) is 9.59 Å². The van der Waals surface area contributed by atoms with Crippen molar-refractivity contribution in [1.29, 1.82) is 0 Å². The van der Waals surface area contributed by atoms with Gasteiger partial charge in [0, 0.05) is 17.3 Å². The van der Waals surface area contributed by atoms with Gasteiger partial charge >= 0.3 is 5.97 Å². The first-order chi connectivity index (χ1) is 15.9. The van der Waals surface area contributed by atoms with Crippen molar-refractivity contribution in [3.05, 3.63) is 48.0 Å². The van der Waals surface area contributed by atoms with E-state index in [4.69, 9.17) is 19.3 Å². The van der Waals surface area contributed by atoms with Crippen LogP contribution in [0.15, 0.2) is 47.4 Å². The van der Waals surface area contributed by atoms with Crippen LogP contribution >= 0.6 is 0 Å². The van der Waals surface area contributed by atoms with Gasteiger partial charge < -0.3 is 24.8 Å². The van der Waals surface area contributed by atoms with Crippen molar-refractivity contribution in [3.8, 4) is 11.5 Å². The molecule has 2 amide bonds. The van der Waals surface area contributed by atoms with Crippen LogP contribution in [0.5, 0.6) is 11.5 Å². The smallest absolute Gasteiger partial charge is 0.329 e. The van der Waals surface area contributed by atoms with Gasteiger partial charge in [-0.25, -0.2) is 18.4 Å². The van der Waals surface area contributed by atoms with Crippen LogP contribution in [0.25, 0.3) is 0 Å². The predicted molar refractivity (Wildman–Crippen MR) is 123 cm³/mol. The molecule has 11 nitrogen and oxygen atoms in total. The van der Waals surface area contributed by atoms with Crippen molar-refractivity contribution in [2.45, 2.75) is 24.8 Å². The third-order valence-corrected chi connectivity index (χ3v) is 5.56. The molecule has 0 bridgehead atoms. The number of anilines is 1. The number of sulfonamides is 1. The van der Waals surface area contributed by atoms with Crippen LogP contribution in [0.4, 0.5) is 5.69 Å². The Kier molecular flexibility index (Phi) is 8.98. The average Bonchev–Trinajstić information content (AvgIpc) is 2.79. The van der Waals surface area contributed by atoms with Crippen LogP contribution in [-0.4, -0.2) is 53.1 Å². The summed E-state index contributed by atoms with van der Waals surface area (Å²) >= 11 is 0. The van der Waals surface area contributed by atoms with Crippen LogP contribution in [0, 0.1) is 5.92 Å². The van der Waals surface area contributed by atoms with E-state index in [9.17, 15) is 22.8 Å². The van der Waals surface area contributed by atoms with Crippen molar-refractivity contribution in [1.82, 2.24) is 5.32 Å². The maximum Gasteiger partial charge on any atom is 0.329 e.